The van der Waals surface area contributed by atoms with E-state index in [-0.39, 0.29) is 13.0 Å². The first-order valence-corrected chi connectivity index (χ1v) is 3.45. The lowest BCUT2D eigenvalue weighted by Gasteiger charge is -2.33. The van der Waals surface area contributed by atoms with Crippen LogP contribution in [0.2, 0.25) is 0 Å². The van der Waals surface area contributed by atoms with E-state index in [0.29, 0.717) is 0 Å². The lowest BCUT2D eigenvalue weighted by Crippen LogP contribution is -2.49. The maximum atomic E-state index is 9.05. The van der Waals surface area contributed by atoms with E-state index < -0.39 is 24.6 Å². The fourth-order valence-corrected chi connectivity index (χ4v) is 1.05. The van der Waals surface area contributed by atoms with Gasteiger partial charge in [0.1, 0.15) is 6.10 Å². The van der Waals surface area contributed by atoms with Crippen LogP contribution in [0.1, 0.15) is 6.42 Å². The standard InChI is InChI=1S/C6H12O5/c7-2-3-1-4(8)5(9)6(10)11-3/h3-10H,1-2H2/t3?,4?,5?,6-/m1/s1. The minimum absolute atomic E-state index is 0.148. The zero-order valence-electron chi connectivity index (χ0n) is 5.92. The van der Waals surface area contributed by atoms with Crippen molar-refractivity contribution in [2.45, 2.75) is 31.0 Å². The molecule has 3 unspecified atom stereocenters. The van der Waals surface area contributed by atoms with Crippen LogP contribution < -0.4 is 0 Å². The van der Waals surface area contributed by atoms with E-state index in [2.05, 4.69) is 0 Å². The van der Waals surface area contributed by atoms with Gasteiger partial charge in [0.05, 0.1) is 18.8 Å². The highest BCUT2D eigenvalue weighted by atomic mass is 16.6. The summed E-state index contributed by atoms with van der Waals surface area (Å²) in [4.78, 5) is 0. The van der Waals surface area contributed by atoms with Crippen molar-refractivity contribution in [3.05, 3.63) is 0 Å². The Balaban J connectivity index is 2.47. The maximum absolute atomic E-state index is 9.05. The molecule has 1 rings (SSSR count). The van der Waals surface area contributed by atoms with Crippen molar-refractivity contribution < 1.29 is 25.2 Å². The summed E-state index contributed by atoms with van der Waals surface area (Å²) in [7, 11) is 0. The number of hydrogen-bond acceptors (Lipinski definition) is 5. The molecule has 4 atom stereocenters. The smallest absolute Gasteiger partial charge is 0.183 e. The van der Waals surface area contributed by atoms with Gasteiger partial charge in [-0.1, -0.05) is 0 Å². The van der Waals surface area contributed by atoms with Crippen LogP contribution in [0.4, 0.5) is 0 Å². The highest BCUT2D eigenvalue weighted by Crippen LogP contribution is 2.17. The highest BCUT2D eigenvalue weighted by Gasteiger charge is 2.34. The molecule has 1 saturated heterocycles. The minimum atomic E-state index is -1.39. The molecule has 0 spiro atoms. The van der Waals surface area contributed by atoms with Crippen LogP contribution >= 0.6 is 0 Å². The molecule has 1 aliphatic rings. The van der Waals surface area contributed by atoms with Gasteiger partial charge in [0, 0.05) is 6.42 Å². The minimum Gasteiger partial charge on any atom is -0.394 e. The summed E-state index contributed by atoms with van der Waals surface area (Å²) in [5, 5.41) is 35.5. The molecule has 0 aliphatic carbocycles. The van der Waals surface area contributed by atoms with E-state index >= 15 is 0 Å². The Kier molecular flexibility index (Phi) is 2.80. The van der Waals surface area contributed by atoms with Gasteiger partial charge in [-0.05, 0) is 0 Å². The van der Waals surface area contributed by atoms with Gasteiger partial charge in [-0.15, -0.1) is 0 Å². The van der Waals surface area contributed by atoms with Gasteiger partial charge in [0.15, 0.2) is 6.29 Å². The summed E-state index contributed by atoms with van der Waals surface area (Å²) < 4.78 is 4.71. The Labute approximate surface area is 63.8 Å². The third-order valence-corrected chi connectivity index (χ3v) is 1.73. The zero-order chi connectivity index (χ0) is 8.43. The molecule has 0 amide bonds. The van der Waals surface area contributed by atoms with E-state index in [4.69, 9.17) is 25.2 Å². The highest BCUT2D eigenvalue weighted by molar-refractivity contribution is 4.79. The van der Waals surface area contributed by atoms with Gasteiger partial charge in [-0.2, -0.15) is 0 Å². The Morgan fingerprint density at radius 1 is 1.27 bits per heavy atom. The molecule has 11 heavy (non-hydrogen) atoms. The van der Waals surface area contributed by atoms with Crippen molar-refractivity contribution in [1.29, 1.82) is 0 Å². The van der Waals surface area contributed by atoms with Crippen molar-refractivity contribution >= 4 is 0 Å². The van der Waals surface area contributed by atoms with E-state index in [1.165, 1.54) is 0 Å². The Morgan fingerprint density at radius 2 is 1.91 bits per heavy atom. The van der Waals surface area contributed by atoms with Crippen LogP contribution in [0.3, 0.4) is 0 Å². The third kappa shape index (κ3) is 1.88. The monoisotopic (exact) mass is 164 g/mol. The topological polar surface area (TPSA) is 90.2 Å². The van der Waals surface area contributed by atoms with E-state index in [1.54, 1.807) is 0 Å². The largest absolute Gasteiger partial charge is 0.394 e. The molecule has 5 heteroatoms. The quantitative estimate of drug-likeness (QED) is 0.353. The average molecular weight is 164 g/mol. The number of aliphatic hydroxyl groups is 4. The van der Waals surface area contributed by atoms with Crippen molar-refractivity contribution in [1.82, 2.24) is 0 Å². The maximum Gasteiger partial charge on any atom is 0.183 e. The van der Waals surface area contributed by atoms with Crippen molar-refractivity contribution in [2.75, 3.05) is 6.61 Å². The second-order valence-corrected chi connectivity index (χ2v) is 2.62. The molecule has 0 aromatic carbocycles. The molecule has 1 aliphatic heterocycles. The fraction of sp³-hybridized carbons (Fsp3) is 1.00. The van der Waals surface area contributed by atoms with Crippen LogP contribution in [0.5, 0.6) is 0 Å². The SMILES string of the molecule is OCC1CC(O)C(O)[C@H](O)O1. The molecule has 0 aromatic heterocycles. The Morgan fingerprint density at radius 3 is 2.36 bits per heavy atom. The molecule has 1 fully saturated rings. The number of aliphatic hydroxyl groups excluding tert-OH is 4. The molecule has 0 aromatic rings. The molecule has 0 bridgehead atoms. The number of rotatable bonds is 1. The van der Waals surface area contributed by atoms with Crippen molar-refractivity contribution in [3.63, 3.8) is 0 Å². The summed E-state index contributed by atoms with van der Waals surface area (Å²) in [5.74, 6) is 0. The lowest BCUT2D eigenvalue weighted by molar-refractivity contribution is -0.251. The van der Waals surface area contributed by atoms with Gasteiger partial charge in [0.25, 0.3) is 0 Å². The Hall–Kier alpha value is -0.200. The molecule has 4 N–H and O–H groups in total. The summed E-state index contributed by atoms with van der Waals surface area (Å²) in [6.45, 7) is -0.263. The summed E-state index contributed by atoms with van der Waals surface area (Å²) in [6.07, 6.45) is -4.11. The first kappa shape index (κ1) is 8.89. The Bertz CT molecular complexity index is 116. The fourth-order valence-electron chi connectivity index (χ4n) is 1.05. The lowest BCUT2D eigenvalue weighted by atomic mass is 10.0. The summed E-state index contributed by atoms with van der Waals surface area (Å²) in [5.41, 5.74) is 0. The van der Waals surface area contributed by atoms with E-state index in [1.807, 2.05) is 0 Å². The summed E-state index contributed by atoms with van der Waals surface area (Å²) in [6, 6.07) is 0. The van der Waals surface area contributed by atoms with Gasteiger partial charge in [0.2, 0.25) is 0 Å². The van der Waals surface area contributed by atoms with Gasteiger partial charge in [-0.25, -0.2) is 0 Å². The van der Waals surface area contributed by atoms with Crippen molar-refractivity contribution in [3.8, 4) is 0 Å². The molecule has 1 heterocycles. The van der Waals surface area contributed by atoms with E-state index in [0.717, 1.165) is 0 Å². The predicted molar refractivity (Wildman–Crippen MR) is 34.6 cm³/mol. The van der Waals surface area contributed by atoms with Crippen molar-refractivity contribution in [2.24, 2.45) is 0 Å². The van der Waals surface area contributed by atoms with Crippen LogP contribution in [0.25, 0.3) is 0 Å². The zero-order valence-corrected chi connectivity index (χ0v) is 5.92. The molecule has 66 valence electrons. The first-order valence-electron chi connectivity index (χ1n) is 3.45. The van der Waals surface area contributed by atoms with Crippen LogP contribution in [-0.2, 0) is 4.74 Å². The molecule has 0 saturated carbocycles. The van der Waals surface area contributed by atoms with Crippen LogP contribution in [0.15, 0.2) is 0 Å². The van der Waals surface area contributed by atoms with Gasteiger partial charge < -0.3 is 25.2 Å². The predicted octanol–water partition coefficient (Wildman–Crippen LogP) is -2.19. The van der Waals surface area contributed by atoms with Gasteiger partial charge >= 0.3 is 0 Å². The second-order valence-electron chi connectivity index (χ2n) is 2.62. The van der Waals surface area contributed by atoms with Gasteiger partial charge in [-0.3, -0.25) is 0 Å². The number of hydrogen-bond donors (Lipinski definition) is 4. The van der Waals surface area contributed by atoms with E-state index in [9.17, 15) is 0 Å². The molecule has 0 radical (unpaired) electrons. The molecule has 5 nitrogen and oxygen atoms in total. The molecular weight excluding hydrogens is 152 g/mol. The number of ether oxygens (including phenoxy) is 1. The van der Waals surface area contributed by atoms with Crippen LogP contribution in [0, 0.1) is 0 Å². The normalized spacial score (nSPS) is 45.8. The average Bonchev–Trinajstić information content (AvgIpc) is 1.99. The molecular formula is C6H12O5. The third-order valence-electron chi connectivity index (χ3n) is 1.73. The van der Waals surface area contributed by atoms with Crippen LogP contribution in [-0.4, -0.2) is 51.6 Å². The summed E-state index contributed by atoms with van der Waals surface area (Å²) >= 11 is 0. The first-order chi connectivity index (χ1) is 5.15. The second kappa shape index (κ2) is 3.46.